The first-order valence-electron chi connectivity index (χ1n) is 6.21. The molecule has 9 heteroatoms. The average Bonchev–Trinajstić information content (AvgIpc) is 2.94. The van der Waals surface area contributed by atoms with Crippen LogP contribution in [0.15, 0.2) is 0 Å². The van der Waals surface area contributed by atoms with Crippen molar-refractivity contribution in [3.05, 3.63) is 5.01 Å². The van der Waals surface area contributed by atoms with Gasteiger partial charge in [0.1, 0.15) is 0 Å². The number of hydrogen-bond acceptors (Lipinski definition) is 6. The number of rotatable bonds is 5. The molecule has 0 aliphatic carbocycles. The lowest BCUT2D eigenvalue weighted by atomic mass is 10.0. The van der Waals surface area contributed by atoms with E-state index in [1.165, 1.54) is 0 Å². The van der Waals surface area contributed by atoms with Gasteiger partial charge in [0.05, 0.1) is 13.2 Å². The summed E-state index contributed by atoms with van der Waals surface area (Å²) < 4.78 is 48.1. The zero-order valence-electron chi connectivity index (χ0n) is 11.2. The second kappa shape index (κ2) is 5.82. The molecule has 1 aliphatic heterocycles. The van der Waals surface area contributed by atoms with Crippen molar-refractivity contribution in [2.24, 2.45) is 5.92 Å². The van der Waals surface area contributed by atoms with Crippen molar-refractivity contribution in [1.29, 1.82) is 0 Å². The van der Waals surface area contributed by atoms with E-state index in [0.29, 0.717) is 37.5 Å². The fraction of sp³-hybridized carbons (Fsp3) is 0.818. The van der Waals surface area contributed by atoms with Crippen molar-refractivity contribution in [1.82, 2.24) is 10.2 Å². The summed E-state index contributed by atoms with van der Waals surface area (Å²) in [6.07, 6.45) is -3.78. The third-order valence-electron chi connectivity index (χ3n) is 2.89. The highest BCUT2D eigenvalue weighted by atomic mass is 32.1. The number of halogens is 3. The third-order valence-corrected chi connectivity index (χ3v) is 3.81. The highest BCUT2D eigenvalue weighted by molar-refractivity contribution is 7.15. The van der Waals surface area contributed by atoms with Gasteiger partial charge in [-0.05, 0) is 12.8 Å². The van der Waals surface area contributed by atoms with Crippen LogP contribution in [0.4, 0.5) is 18.3 Å². The van der Waals surface area contributed by atoms with E-state index in [0.717, 1.165) is 0 Å². The van der Waals surface area contributed by atoms with Crippen LogP contribution in [-0.4, -0.2) is 35.7 Å². The molecule has 114 valence electrons. The van der Waals surface area contributed by atoms with E-state index in [2.05, 4.69) is 15.5 Å². The quantitative estimate of drug-likeness (QED) is 0.906. The van der Waals surface area contributed by atoms with Crippen LogP contribution in [0.25, 0.3) is 0 Å². The van der Waals surface area contributed by atoms with Gasteiger partial charge in [-0.1, -0.05) is 18.3 Å². The van der Waals surface area contributed by atoms with Crippen LogP contribution in [0.3, 0.4) is 0 Å². The Kier molecular flexibility index (Phi) is 4.50. The van der Waals surface area contributed by atoms with Crippen molar-refractivity contribution < 1.29 is 22.6 Å². The molecule has 2 rings (SSSR count). The summed E-state index contributed by atoms with van der Waals surface area (Å²) in [5.41, 5.74) is 0. The maximum absolute atomic E-state index is 12.4. The normalized spacial score (nSPS) is 20.1. The van der Waals surface area contributed by atoms with Gasteiger partial charge in [0.15, 0.2) is 5.79 Å². The number of aromatic nitrogens is 2. The summed E-state index contributed by atoms with van der Waals surface area (Å²) in [6.45, 7) is 5.46. The molecule has 1 atom stereocenters. The monoisotopic (exact) mass is 311 g/mol. The molecule has 1 aromatic rings. The van der Waals surface area contributed by atoms with E-state index >= 15 is 0 Å². The van der Waals surface area contributed by atoms with Gasteiger partial charge in [-0.2, -0.15) is 13.2 Å². The van der Waals surface area contributed by atoms with Gasteiger partial charge in [-0.25, -0.2) is 0 Å². The van der Waals surface area contributed by atoms with Gasteiger partial charge < -0.3 is 14.8 Å². The van der Waals surface area contributed by atoms with Gasteiger partial charge in [0, 0.05) is 13.0 Å². The smallest absolute Gasteiger partial charge is 0.360 e. The van der Waals surface area contributed by atoms with Crippen LogP contribution in [0.1, 0.15) is 25.3 Å². The summed E-state index contributed by atoms with van der Waals surface area (Å²) >= 11 is 0.503. The van der Waals surface area contributed by atoms with Gasteiger partial charge in [0.25, 0.3) is 0 Å². The molecule has 1 aliphatic rings. The Hall–Kier alpha value is -0.930. The highest BCUT2D eigenvalue weighted by Gasteiger charge is 2.36. The van der Waals surface area contributed by atoms with Crippen molar-refractivity contribution in [2.75, 3.05) is 25.1 Å². The second-order valence-corrected chi connectivity index (χ2v) is 5.91. The largest absolute Gasteiger partial charge is 0.445 e. The molecule has 1 saturated heterocycles. The molecular weight excluding hydrogens is 295 g/mol. The Morgan fingerprint density at radius 2 is 2.00 bits per heavy atom. The van der Waals surface area contributed by atoms with Crippen LogP contribution < -0.4 is 5.32 Å². The van der Waals surface area contributed by atoms with Gasteiger partial charge in [-0.15, -0.1) is 10.2 Å². The van der Waals surface area contributed by atoms with Crippen LogP contribution in [0.2, 0.25) is 0 Å². The zero-order chi connectivity index (χ0) is 14.8. The molecule has 2 heterocycles. The van der Waals surface area contributed by atoms with Gasteiger partial charge >= 0.3 is 6.18 Å². The minimum Gasteiger partial charge on any atom is -0.360 e. The summed E-state index contributed by atoms with van der Waals surface area (Å²) in [5, 5.41) is 8.68. The number of hydrogen-bond donors (Lipinski definition) is 1. The fourth-order valence-corrected chi connectivity index (χ4v) is 2.67. The van der Waals surface area contributed by atoms with Crippen molar-refractivity contribution >= 4 is 16.5 Å². The van der Waals surface area contributed by atoms with E-state index in [-0.39, 0.29) is 11.0 Å². The summed E-state index contributed by atoms with van der Waals surface area (Å²) in [4.78, 5) is 0. The standard InChI is InChI=1S/C11H16F3N3O2S/c1-7(5-10(2)18-3-4-19-10)6-15-9-17-16-8(20-9)11(12,13)14/h7H,3-6H2,1-2H3,(H,15,17). The molecule has 1 aromatic heterocycles. The first-order chi connectivity index (χ1) is 9.28. The molecule has 0 aromatic carbocycles. The topological polar surface area (TPSA) is 56.3 Å². The molecule has 0 saturated carbocycles. The first-order valence-corrected chi connectivity index (χ1v) is 7.03. The Morgan fingerprint density at radius 1 is 1.35 bits per heavy atom. The number of nitrogens with one attached hydrogen (secondary N) is 1. The predicted octanol–water partition coefficient (Wildman–Crippen LogP) is 2.76. The maximum atomic E-state index is 12.4. The average molecular weight is 311 g/mol. The van der Waals surface area contributed by atoms with Gasteiger partial charge in [0.2, 0.25) is 10.1 Å². The fourth-order valence-electron chi connectivity index (χ4n) is 2.05. The Bertz CT molecular complexity index is 446. The lowest BCUT2D eigenvalue weighted by molar-refractivity contribution is -0.153. The van der Waals surface area contributed by atoms with Gasteiger partial charge in [-0.3, -0.25) is 0 Å². The SMILES string of the molecule is CC(CNc1nnc(C(F)(F)F)s1)CC1(C)OCCO1. The Morgan fingerprint density at radius 3 is 2.55 bits per heavy atom. The van der Waals surface area contributed by atoms with E-state index in [4.69, 9.17) is 9.47 Å². The van der Waals surface area contributed by atoms with Crippen LogP contribution in [-0.2, 0) is 15.7 Å². The molecule has 1 fully saturated rings. The molecule has 0 radical (unpaired) electrons. The van der Waals surface area contributed by atoms with E-state index in [1.807, 2.05) is 13.8 Å². The summed E-state index contributed by atoms with van der Waals surface area (Å²) in [6, 6.07) is 0. The number of nitrogens with zero attached hydrogens (tertiary/aromatic N) is 2. The Labute approximate surface area is 118 Å². The predicted molar refractivity (Wildman–Crippen MR) is 67.5 cm³/mol. The molecular formula is C11H16F3N3O2S. The molecule has 1 N–H and O–H groups in total. The maximum Gasteiger partial charge on any atom is 0.445 e. The molecule has 0 bridgehead atoms. The first kappa shape index (κ1) is 15.5. The minimum absolute atomic E-state index is 0.163. The molecule has 1 unspecified atom stereocenters. The number of ether oxygens (including phenoxy) is 2. The van der Waals surface area contributed by atoms with Crippen molar-refractivity contribution in [3.8, 4) is 0 Å². The molecule has 20 heavy (non-hydrogen) atoms. The summed E-state index contributed by atoms with van der Waals surface area (Å²) in [5.74, 6) is -0.435. The van der Waals surface area contributed by atoms with Crippen molar-refractivity contribution in [3.63, 3.8) is 0 Å². The van der Waals surface area contributed by atoms with Crippen LogP contribution in [0.5, 0.6) is 0 Å². The minimum atomic E-state index is -4.44. The number of alkyl halides is 3. The highest BCUT2D eigenvalue weighted by Crippen LogP contribution is 2.33. The van der Waals surface area contributed by atoms with E-state index in [1.54, 1.807) is 0 Å². The number of anilines is 1. The van der Waals surface area contributed by atoms with Crippen LogP contribution in [0, 0.1) is 5.92 Å². The van der Waals surface area contributed by atoms with E-state index < -0.39 is 17.0 Å². The van der Waals surface area contributed by atoms with E-state index in [9.17, 15) is 13.2 Å². The lowest BCUT2D eigenvalue weighted by Gasteiger charge is -2.25. The third kappa shape index (κ3) is 4.03. The van der Waals surface area contributed by atoms with Crippen molar-refractivity contribution in [2.45, 2.75) is 32.2 Å². The second-order valence-electron chi connectivity index (χ2n) is 4.93. The molecule has 5 nitrogen and oxygen atoms in total. The lowest BCUT2D eigenvalue weighted by Crippen LogP contribution is -2.30. The zero-order valence-corrected chi connectivity index (χ0v) is 12.0. The molecule has 0 amide bonds. The van der Waals surface area contributed by atoms with Crippen LogP contribution >= 0.6 is 11.3 Å². The Balaban J connectivity index is 1.81. The summed E-state index contributed by atoms with van der Waals surface area (Å²) in [7, 11) is 0. The molecule has 0 spiro atoms.